The topological polar surface area (TPSA) is 291 Å². The second-order valence-corrected chi connectivity index (χ2v) is 22.6. The predicted octanol–water partition coefficient (Wildman–Crippen LogP) is 17.2. The number of carbonyl (C=O) groups is 10. The number of esters is 6. The van der Waals surface area contributed by atoms with Gasteiger partial charge in [-0.15, -0.1) is 0 Å². The van der Waals surface area contributed by atoms with Crippen molar-refractivity contribution >= 4 is 70.4 Å². The zero-order valence-corrected chi connectivity index (χ0v) is 67.8. The van der Waals surface area contributed by atoms with E-state index in [1.807, 2.05) is 26.0 Å². The Labute approximate surface area is 684 Å². The summed E-state index contributed by atoms with van der Waals surface area (Å²) in [6.45, 7) is 9.16. The molecular weight excluding hydrogens is 1900 g/mol. The summed E-state index contributed by atoms with van der Waals surface area (Å²) in [7, 11) is 1.17. The first-order chi connectivity index (χ1) is 51.3. The van der Waals surface area contributed by atoms with Gasteiger partial charge >= 0.3 is 41.8 Å². The molecule has 596 valence electrons. The van der Waals surface area contributed by atoms with Crippen LogP contribution in [0, 0.1) is 77.7 Å². The van der Waals surface area contributed by atoms with Crippen molar-refractivity contribution < 1.29 is 174 Å². The molecule has 8 aromatic carbocycles. The Morgan fingerprint density at radius 2 is 0.732 bits per heavy atom. The van der Waals surface area contributed by atoms with Crippen LogP contribution in [0.5, 0.6) is 23.0 Å². The van der Waals surface area contributed by atoms with Crippen molar-refractivity contribution in [1.82, 2.24) is 10.6 Å². The van der Waals surface area contributed by atoms with E-state index in [9.17, 15) is 83.1 Å². The van der Waals surface area contributed by atoms with E-state index in [1.54, 1.807) is 12.2 Å². The Kier molecular flexibility index (Phi) is 47.8. The Morgan fingerprint density at radius 1 is 0.429 bits per heavy atom. The van der Waals surface area contributed by atoms with Crippen LogP contribution in [0.15, 0.2) is 170 Å². The van der Waals surface area contributed by atoms with Gasteiger partial charge < -0.3 is 49.3 Å². The van der Waals surface area contributed by atoms with Gasteiger partial charge in [0.25, 0.3) is 11.8 Å². The molecule has 8 rings (SSSR count). The smallest absolute Gasteiger partial charge is 0.341 e. The maximum absolute atomic E-state index is 14.2. The Balaban J connectivity index is 0.00000142. The quantitative estimate of drug-likeness (QED) is 0.0103. The third-order valence-corrected chi connectivity index (χ3v) is 14.0. The molecule has 0 spiro atoms. The van der Waals surface area contributed by atoms with Crippen molar-refractivity contribution in [3.05, 3.63) is 239 Å². The molecule has 0 atom stereocenters. The number of methoxy groups -OCH3 is 1. The van der Waals surface area contributed by atoms with Crippen molar-refractivity contribution in [3.8, 4) is 67.5 Å². The van der Waals surface area contributed by atoms with Gasteiger partial charge in [0.15, 0.2) is 0 Å². The molecule has 31 heteroatoms. The number of aliphatic hydroxyl groups is 1. The maximum atomic E-state index is 14.2. The summed E-state index contributed by atoms with van der Waals surface area (Å²) in [6.07, 6.45) is 10.4. The van der Waals surface area contributed by atoms with Crippen molar-refractivity contribution in [2.45, 2.75) is 94.9 Å². The number of amides is 2. The van der Waals surface area contributed by atoms with Crippen LogP contribution in [0.25, 0.3) is 44.5 Å². The number of nitrogens with one attached hydrogen (secondary N) is 2. The Bertz CT molecular complexity index is 4620. The number of rotatable bonds is 25. The summed E-state index contributed by atoms with van der Waals surface area (Å²) in [5, 5.41) is 22.8. The van der Waals surface area contributed by atoms with E-state index in [2.05, 4.69) is 15.4 Å². The minimum absolute atomic E-state index is 0. The van der Waals surface area contributed by atoms with Crippen LogP contribution >= 0.6 is 11.6 Å². The molecule has 0 fully saturated rings. The number of benzene rings is 8. The number of hydrogen-bond acceptors (Lipinski definition) is 17. The molecule has 0 heterocycles. The van der Waals surface area contributed by atoms with Gasteiger partial charge in [0.05, 0.1) is 31.3 Å². The predicted molar refractivity (Wildman–Crippen MR) is 395 cm³/mol. The largest absolute Gasteiger partial charge is 0.478 e. The van der Waals surface area contributed by atoms with Gasteiger partial charge in [0, 0.05) is 153 Å². The van der Waals surface area contributed by atoms with Gasteiger partial charge in [-0.1, -0.05) is 77.3 Å². The fourth-order valence-corrected chi connectivity index (χ4v) is 9.22. The molecule has 0 saturated heterocycles. The summed E-state index contributed by atoms with van der Waals surface area (Å²) in [4.78, 5) is 114. The van der Waals surface area contributed by atoms with Crippen LogP contribution in [0.2, 0.25) is 0 Å². The number of carbonyl (C=O) groups excluding carboxylic acids is 9. The molecule has 0 aliphatic heterocycles. The van der Waals surface area contributed by atoms with Crippen molar-refractivity contribution in [3.63, 3.8) is 0 Å². The first kappa shape index (κ1) is 102. The van der Waals surface area contributed by atoms with Crippen molar-refractivity contribution in [2.75, 3.05) is 33.4 Å². The summed E-state index contributed by atoms with van der Waals surface area (Å²) < 4.78 is 137. The summed E-state index contributed by atoms with van der Waals surface area (Å²) in [5.74, 6) is -12.1. The van der Waals surface area contributed by atoms with Crippen LogP contribution in [-0.4, -0.2) is 102 Å². The van der Waals surface area contributed by atoms with Crippen LogP contribution in [0.3, 0.4) is 0 Å². The van der Waals surface area contributed by atoms with Gasteiger partial charge in [0.1, 0.15) is 80.7 Å². The number of aromatic carboxylic acids is 1. The second-order valence-electron chi connectivity index (χ2n) is 22.2. The Hall–Kier alpha value is -10.4. The van der Waals surface area contributed by atoms with Gasteiger partial charge in [-0.2, -0.15) is 0 Å². The zero-order valence-electron chi connectivity index (χ0n) is 60.0. The van der Waals surface area contributed by atoms with Crippen LogP contribution in [-0.2, 0) is 59.3 Å². The average molecular weight is 1980 g/mol. The first-order valence-corrected chi connectivity index (χ1v) is 32.9. The number of allylic oxidation sites excluding steroid dienone is 3. The van der Waals surface area contributed by atoms with Crippen molar-refractivity contribution in [1.29, 1.82) is 0 Å². The summed E-state index contributed by atoms with van der Waals surface area (Å²) in [5.41, 5.74) is 1.32. The van der Waals surface area contributed by atoms with E-state index in [0.717, 1.165) is 68.3 Å². The minimum atomic E-state index is -1.32. The van der Waals surface area contributed by atoms with Gasteiger partial charge in [-0.05, 0) is 157 Å². The molecule has 4 N–H and O–H groups in total. The van der Waals surface area contributed by atoms with E-state index in [1.165, 1.54) is 119 Å². The molecule has 0 radical (unpaired) electrons. The fourth-order valence-electron chi connectivity index (χ4n) is 9.13. The Morgan fingerprint density at radius 3 is 1.03 bits per heavy atom. The number of halogens is 9. The van der Waals surface area contributed by atoms with Crippen molar-refractivity contribution in [2.24, 2.45) is 0 Å². The van der Waals surface area contributed by atoms with E-state index < -0.39 is 94.2 Å². The molecule has 0 saturated carbocycles. The fraction of sp³-hybridized carbons (Fsp3) is 0.235. The van der Waals surface area contributed by atoms with E-state index in [4.69, 9.17) is 45.5 Å². The number of carboxylic acid groups (broad SMARTS) is 1. The van der Waals surface area contributed by atoms with Gasteiger partial charge in [-0.3, -0.25) is 38.4 Å². The third kappa shape index (κ3) is 34.9. The number of hydrogen-bond donors (Lipinski definition) is 4. The third-order valence-electron chi connectivity index (χ3n) is 13.9. The average Bonchev–Trinajstić information content (AvgIpc) is 0.826. The van der Waals surface area contributed by atoms with Crippen LogP contribution in [0.1, 0.15) is 136 Å². The number of ether oxygens (including phenoxy) is 6. The second kappa shape index (κ2) is 52.7. The van der Waals surface area contributed by atoms with Gasteiger partial charge in [-0.25, -0.2) is 44.7 Å². The molecule has 0 aliphatic rings. The van der Waals surface area contributed by atoms with Gasteiger partial charge in [0.2, 0.25) is 5.24 Å². The maximum Gasteiger partial charge on any atom is 0.341 e. The number of carboxylic acids is 1. The van der Waals surface area contributed by atoms with E-state index >= 15 is 0 Å². The molecule has 8 aromatic rings. The van der Waals surface area contributed by atoms with E-state index in [0.29, 0.717) is 42.0 Å². The molecule has 20 nitrogen and oxygen atoms in total. The zero-order chi connectivity index (χ0) is 80.2. The van der Waals surface area contributed by atoms with E-state index in [-0.39, 0.29) is 184 Å². The monoisotopic (exact) mass is 1980 g/mol. The molecule has 0 aliphatic carbocycles. The molecule has 112 heavy (non-hydrogen) atoms. The van der Waals surface area contributed by atoms with Crippen LogP contribution < -0.4 is 29.6 Å². The summed E-state index contributed by atoms with van der Waals surface area (Å²) in [6, 6.07) is 28.7. The SMILES string of the molecule is C.C.CC(=O)Oc1ccc(-c2ccc(F)cc2F)cc1C(=O)NCCCO.CC(=O)Oc1ccc(-c2ccc(F)cc2F)cc1C(=O)O.CC/C=C\CC(=O)Cl.CC/C=C\CC(=O)OCCCNC(=O)c1cc(-c2ccc(F)cc2F)ccc1OC(C)=O.COC(=O)c1cc(-c2ccc(F)cc2F)ccc1OC(C)=O.[U].[W]. The number of aliphatic hydroxyl groups excluding tert-OH is 1. The normalized spacial score (nSPS) is 10.0. The molecule has 2 amide bonds. The molecular formula is C81H81ClF8N2O18UW. The molecule has 0 bridgehead atoms. The first-order valence-electron chi connectivity index (χ1n) is 32.6. The molecule has 0 aromatic heterocycles. The van der Waals surface area contributed by atoms with Crippen LogP contribution in [0.4, 0.5) is 35.1 Å². The summed E-state index contributed by atoms with van der Waals surface area (Å²) >= 11 is 5.02. The minimum Gasteiger partial charge on any atom is -0.478 e. The standard InChI is InChI=1S/C24H25F2NO5.C18H17F2NO4.C16H12F2O4.C15H10F2O4.C6H9ClO.2CH4.U.W/c1-3-4-5-7-23(29)31-13-6-12-27-24(30)20-14-17(8-11-22(20)32-16(2)28)19-10-9-18(25)15-21(19)26;1-11(23)25-17-6-3-12(14-5-4-13(19)10-16(14)20)9-15(17)18(24)21-7-2-8-22;1-9(19)22-15-6-3-10(7-13(15)16(20)21-2)12-5-4-11(17)8-14(12)18;1-8(18)21-14-5-2-9(6-12(14)15(19)20)11-4-3-10(16)7-13(11)17;1-2-3-4-5-6(7)8;;;;/h4-5,8-11,14-15H,3,6-7,12-13H2,1-2H3,(H,27,30);3-6,9-10,22H,2,7-8H2,1H3,(H,21,24);3-8H,1-2H3;2-7H,1H3,(H,19,20);3-4H,2,5H2,1H3;2*1H4;;/b5-4-;;;;4-3-;;;;. The molecule has 0 unspecified atom stereocenters.